The van der Waals surface area contributed by atoms with Crippen LogP contribution in [0.1, 0.15) is 54.6 Å². The number of benzene rings is 1. The zero-order valence-electron chi connectivity index (χ0n) is 12.5. The number of fused-ring (bicyclic) bond motifs is 1. The molecule has 0 aromatic heterocycles. The van der Waals surface area contributed by atoms with E-state index in [1.807, 2.05) is 12.1 Å². The van der Waals surface area contributed by atoms with Crippen LogP contribution in [-0.4, -0.2) is 24.2 Å². The van der Waals surface area contributed by atoms with Crippen molar-refractivity contribution in [3.8, 4) is 0 Å². The highest BCUT2D eigenvalue weighted by Crippen LogP contribution is 2.22. The summed E-state index contributed by atoms with van der Waals surface area (Å²) in [5, 5.41) is 12.0. The monoisotopic (exact) mass is 275 g/mol. The highest BCUT2D eigenvalue weighted by molar-refractivity contribution is 5.94. The van der Waals surface area contributed by atoms with Crippen LogP contribution in [-0.2, 0) is 12.8 Å². The van der Waals surface area contributed by atoms with E-state index in [2.05, 4.69) is 25.2 Å². The highest BCUT2D eigenvalue weighted by Gasteiger charge is 2.19. The van der Waals surface area contributed by atoms with E-state index in [4.69, 9.17) is 5.11 Å². The number of hydrogen-bond acceptors (Lipinski definition) is 2. The third-order valence-electron chi connectivity index (χ3n) is 4.13. The standard InChI is InChI=1S/C17H25NO2/c1-17(2,9-10-19)12-18-16(20)15-8-7-13-5-3-4-6-14(13)11-15/h7-8,11,19H,3-6,9-10,12H2,1-2H3,(H,18,20). The summed E-state index contributed by atoms with van der Waals surface area (Å²) in [6.07, 6.45) is 5.40. The van der Waals surface area contributed by atoms with Crippen LogP contribution >= 0.6 is 0 Å². The number of amides is 1. The predicted octanol–water partition coefficient (Wildman–Crippen LogP) is 2.70. The largest absolute Gasteiger partial charge is 0.396 e. The molecule has 110 valence electrons. The molecule has 20 heavy (non-hydrogen) atoms. The Hall–Kier alpha value is -1.35. The maximum Gasteiger partial charge on any atom is 0.251 e. The molecule has 3 nitrogen and oxygen atoms in total. The summed E-state index contributed by atoms with van der Waals surface area (Å²) < 4.78 is 0. The van der Waals surface area contributed by atoms with Crippen molar-refractivity contribution in [2.45, 2.75) is 46.0 Å². The predicted molar refractivity (Wildman–Crippen MR) is 80.9 cm³/mol. The lowest BCUT2D eigenvalue weighted by molar-refractivity contribution is 0.0928. The molecule has 1 aliphatic carbocycles. The number of hydrogen-bond donors (Lipinski definition) is 2. The van der Waals surface area contributed by atoms with Crippen molar-refractivity contribution in [1.29, 1.82) is 0 Å². The average molecular weight is 275 g/mol. The van der Waals surface area contributed by atoms with E-state index < -0.39 is 0 Å². The van der Waals surface area contributed by atoms with E-state index in [0.29, 0.717) is 13.0 Å². The molecular weight excluding hydrogens is 250 g/mol. The van der Waals surface area contributed by atoms with E-state index in [9.17, 15) is 4.79 Å². The van der Waals surface area contributed by atoms with Crippen LogP contribution in [0.3, 0.4) is 0 Å². The molecule has 1 amide bonds. The zero-order valence-corrected chi connectivity index (χ0v) is 12.5. The quantitative estimate of drug-likeness (QED) is 0.868. The molecule has 0 heterocycles. The van der Waals surface area contributed by atoms with Crippen LogP contribution < -0.4 is 5.32 Å². The molecule has 2 N–H and O–H groups in total. The molecule has 0 bridgehead atoms. The first-order valence-electron chi connectivity index (χ1n) is 7.53. The number of aliphatic hydroxyl groups excluding tert-OH is 1. The summed E-state index contributed by atoms with van der Waals surface area (Å²) in [7, 11) is 0. The summed E-state index contributed by atoms with van der Waals surface area (Å²) in [6.45, 7) is 4.85. The molecule has 1 aromatic rings. The topological polar surface area (TPSA) is 49.3 Å². The third-order valence-corrected chi connectivity index (χ3v) is 4.13. The number of carbonyl (C=O) groups excluding carboxylic acids is 1. The normalized spacial score (nSPS) is 14.8. The second-order valence-corrected chi connectivity index (χ2v) is 6.51. The number of rotatable bonds is 5. The molecule has 0 radical (unpaired) electrons. The van der Waals surface area contributed by atoms with Gasteiger partial charge < -0.3 is 10.4 Å². The number of aliphatic hydroxyl groups is 1. The van der Waals surface area contributed by atoms with E-state index >= 15 is 0 Å². The van der Waals surface area contributed by atoms with Gasteiger partial charge in [0.2, 0.25) is 0 Å². The number of aryl methyl sites for hydroxylation is 2. The second-order valence-electron chi connectivity index (χ2n) is 6.51. The van der Waals surface area contributed by atoms with Crippen LogP contribution in [0.2, 0.25) is 0 Å². The van der Waals surface area contributed by atoms with Crippen molar-refractivity contribution >= 4 is 5.91 Å². The summed E-state index contributed by atoms with van der Waals surface area (Å²) in [4.78, 5) is 12.2. The van der Waals surface area contributed by atoms with Gasteiger partial charge in [-0.25, -0.2) is 0 Å². The van der Waals surface area contributed by atoms with Crippen molar-refractivity contribution in [2.24, 2.45) is 5.41 Å². The zero-order chi connectivity index (χ0) is 14.6. The van der Waals surface area contributed by atoms with Crippen LogP contribution in [0.4, 0.5) is 0 Å². The van der Waals surface area contributed by atoms with Crippen LogP contribution in [0.5, 0.6) is 0 Å². The van der Waals surface area contributed by atoms with E-state index in [-0.39, 0.29) is 17.9 Å². The molecule has 0 atom stereocenters. The smallest absolute Gasteiger partial charge is 0.251 e. The van der Waals surface area contributed by atoms with Crippen molar-refractivity contribution in [1.82, 2.24) is 5.32 Å². The summed E-state index contributed by atoms with van der Waals surface area (Å²) in [6, 6.07) is 6.07. The lowest BCUT2D eigenvalue weighted by Crippen LogP contribution is -2.34. The molecule has 1 aromatic carbocycles. The van der Waals surface area contributed by atoms with Crippen molar-refractivity contribution in [3.63, 3.8) is 0 Å². The van der Waals surface area contributed by atoms with Crippen molar-refractivity contribution in [3.05, 3.63) is 34.9 Å². The fourth-order valence-corrected chi connectivity index (χ4v) is 2.69. The molecule has 0 fully saturated rings. The minimum absolute atomic E-state index is 0.00983. The molecule has 0 aliphatic heterocycles. The van der Waals surface area contributed by atoms with Gasteiger partial charge in [0, 0.05) is 18.7 Å². The SMILES string of the molecule is CC(C)(CCO)CNC(=O)c1ccc2c(c1)CCCC2. The summed E-state index contributed by atoms with van der Waals surface area (Å²) in [5.41, 5.74) is 3.41. The highest BCUT2D eigenvalue weighted by atomic mass is 16.3. The van der Waals surface area contributed by atoms with Crippen molar-refractivity contribution < 1.29 is 9.90 Å². The molecule has 0 saturated heterocycles. The third kappa shape index (κ3) is 3.83. The first-order chi connectivity index (χ1) is 9.52. The Labute approximate surface area is 121 Å². The second kappa shape index (κ2) is 6.40. The van der Waals surface area contributed by atoms with Gasteiger partial charge in [-0.3, -0.25) is 4.79 Å². The average Bonchev–Trinajstić information content (AvgIpc) is 2.44. The fourth-order valence-electron chi connectivity index (χ4n) is 2.69. The molecule has 3 heteroatoms. The van der Waals surface area contributed by atoms with Gasteiger partial charge in [-0.05, 0) is 60.8 Å². The maximum atomic E-state index is 12.2. The molecule has 2 rings (SSSR count). The van der Waals surface area contributed by atoms with Crippen LogP contribution in [0.15, 0.2) is 18.2 Å². The Kier molecular flexibility index (Phi) is 4.81. The minimum atomic E-state index is -0.0708. The van der Waals surface area contributed by atoms with Gasteiger partial charge in [0.25, 0.3) is 5.91 Å². The lowest BCUT2D eigenvalue weighted by atomic mass is 9.89. The first-order valence-corrected chi connectivity index (χ1v) is 7.53. The first kappa shape index (κ1) is 15.0. The lowest BCUT2D eigenvalue weighted by Gasteiger charge is -2.24. The van der Waals surface area contributed by atoms with Gasteiger partial charge >= 0.3 is 0 Å². The van der Waals surface area contributed by atoms with Gasteiger partial charge in [-0.15, -0.1) is 0 Å². The summed E-state index contributed by atoms with van der Waals surface area (Å²) in [5.74, 6) is -0.00983. The molecule has 0 unspecified atom stereocenters. The molecular formula is C17H25NO2. The van der Waals surface area contributed by atoms with Crippen molar-refractivity contribution in [2.75, 3.05) is 13.2 Å². The number of nitrogens with one attached hydrogen (secondary N) is 1. The van der Waals surface area contributed by atoms with Gasteiger partial charge in [0.1, 0.15) is 0 Å². The Morgan fingerprint density at radius 3 is 2.65 bits per heavy atom. The van der Waals surface area contributed by atoms with Crippen LogP contribution in [0.25, 0.3) is 0 Å². The van der Waals surface area contributed by atoms with Gasteiger partial charge in [0.15, 0.2) is 0 Å². The van der Waals surface area contributed by atoms with E-state index in [0.717, 1.165) is 18.4 Å². The van der Waals surface area contributed by atoms with E-state index in [1.165, 1.54) is 24.0 Å². The Bertz CT molecular complexity index is 480. The van der Waals surface area contributed by atoms with Crippen LogP contribution in [0, 0.1) is 5.41 Å². The summed E-state index contributed by atoms with van der Waals surface area (Å²) >= 11 is 0. The van der Waals surface area contributed by atoms with Gasteiger partial charge in [-0.1, -0.05) is 19.9 Å². The Morgan fingerprint density at radius 2 is 1.95 bits per heavy atom. The molecule has 0 spiro atoms. The van der Waals surface area contributed by atoms with Gasteiger partial charge in [-0.2, -0.15) is 0 Å². The molecule has 1 aliphatic rings. The Morgan fingerprint density at radius 1 is 1.25 bits per heavy atom. The fraction of sp³-hybridized carbons (Fsp3) is 0.588. The minimum Gasteiger partial charge on any atom is -0.396 e. The number of carbonyl (C=O) groups is 1. The van der Waals surface area contributed by atoms with E-state index in [1.54, 1.807) is 0 Å². The molecule has 0 saturated carbocycles. The van der Waals surface area contributed by atoms with Gasteiger partial charge in [0.05, 0.1) is 0 Å². The Balaban J connectivity index is 1.99. The maximum absolute atomic E-state index is 12.2.